The maximum atomic E-state index is 12.4. The topological polar surface area (TPSA) is 61.5 Å². The molecule has 0 saturated heterocycles. The lowest BCUT2D eigenvalue weighted by atomic mass is 10.1. The molecule has 0 fully saturated rings. The smallest absolute Gasteiger partial charge is 0.422 e. The second-order valence-electron chi connectivity index (χ2n) is 4.59. The van der Waals surface area contributed by atoms with E-state index in [-0.39, 0.29) is 17.2 Å². The molecule has 1 aromatic carbocycles. The Balaban J connectivity index is 2.53. The molecule has 120 valence electrons. The van der Waals surface area contributed by atoms with E-state index in [1.807, 2.05) is 0 Å². The predicted molar refractivity (Wildman–Crippen MR) is 78.5 cm³/mol. The number of alkyl halides is 3. The minimum atomic E-state index is -4.50. The summed E-state index contributed by atoms with van der Waals surface area (Å²) in [7, 11) is 0. The fourth-order valence-electron chi connectivity index (χ4n) is 1.87. The average Bonchev–Trinajstić information content (AvgIpc) is 2.74. The van der Waals surface area contributed by atoms with Crippen molar-refractivity contribution in [3.05, 3.63) is 22.6 Å². The summed E-state index contributed by atoms with van der Waals surface area (Å²) < 4.78 is 47.6. The summed E-state index contributed by atoms with van der Waals surface area (Å²) in [6.45, 7) is 2.02. The number of carbonyl (C=O) groups excluding carboxylic acids is 1. The third kappa shape index (κ3) is 3.44. The molecule has 0 aliphatic carbocycles. The van der Waals surface area contributed by atoms with Gasteiger partial charge in [-0.3, -0.25) is 0 Å². The fourth-order valence-corrected chi connectivity index (χ4v) is 2.99. The largest absolute Gasteiger partial charge is 0.482 e. The number of rotatable bonds is 4. The van der Waals surface area contributed by atoms with Gasteiger partial charge in [0.1, 0.15) is 0 Å². The molecular formula is C14H14F3NO3S. The van der Waals surface area contributed by atoms with Gasteiger partial charge in [0, 0.05) is 15.8 Å². The van der Waals surface area contributed by atoms with Crippen LogP contribution in [0.5, 0.6) is 5.75 Å². The van der Waals surface area contributed by atoms with Crippen molar-refractivity contribution < 1.29 is 27.4 Å². The molecule has 4 nitrogen and oxygen atoms in total. The molecule has 22 heavy (non-hydrogen) atoms. The monoisotopic (exact) mass is 333 g/mol. The lowest BCUT2D eigenvalue weighted by molar-refractivity contribution is -0.153. The van der Waals surface area contributed by atoms with Gasteiger partial charge in [0.25, 0.3) is 0 Å². The highest BCUT2D eigenvalue weighted by molar-refractivity contribution is 7.21. The molecule has 0 aliphatic heterocycles. The van der Waals surface area contributed by atoms with Crippen LogP contribution < -0.4 is 10.5 Å². The maximum absolute atomic E-state index is 12.4. The summed E-state index contributed by atoms with van der Waals surface area (Å²) in [6, 6.07) is 3.22. The highest BCUT2D eigenvalue weighted by Crippen LogP contribution is 2.41. The molecule has 0 radical (unpaired) electrons. The molecule has 1 heterocycles. The molecule has 1 aromatic heterocycles. The van der Waals surface area contributed by atoms with Crippen molar-refractivity contribution >= 4 is 33.1 Å². The van der Waals surface area contributed by atoms with Gasteiger partial charge in [0.15, 0.2) is 17.2 Å². The van der Waals surface area contributed by atoms with Crippen LogP contribution in [0.1, 0.15) is 22.2 Å². The average molecular weight is 333 g/mol. The van der Waals surface area contributed by atoms with Gasteiger partial charge in [-0.15, -0.1) is 11.3 Å². The molecule has 0 atom stereocenters. The first-order valence-corrected chi connectivity index (χ1v) is 7.24. The first-order valence-electron chi connectivity index (χ1n) is 6.42. The molecule has 0 aliphatic rings. The number of esters is 1. The SMILES string of the molecule is CCOC(=O)c1sc2cc(C)c(N)cc2c1OCC(F)(F)F. The maximum Gasteiger partial charge on any atom is 0.422 e. The van der Waals surface area contributed by atoms with E-state index in [9.17, 15) is 18.0 Å². The molecule has 0 spiro atoms. The zero-order chi connectivity index (χ0) is 16.5. The van der Waals surface area contributed by atoms with Crippen LogP contribution >= 0.6 is 11.3 Å². The quantitative estimate of drug-likeness (QED) is 0.681. The van der Waals surface area contributed by atoms with Crippen LogP contribution in [0, 0.1) is 6.92 Å². The van der Waals surface area contributed by atoms with Crippen LogP contribution in [0.15, 0.2) is 12.1 Å². The number of hydrogen-bond donors (Lipinski definition) is 1. The van der Waals surface area contributed by atoms with E-state index in [2.05, 4.69) is 0 Å². The number of fused-ring (bicyclic) bond motifs is 1. The van der Waals surface area contributed by atoms with Gasteiger partial charge in [0.2, 0.25) is 0 Å². The molecule has 0 unspecified atom stereocenters. The Morgan fingerprint density at radius 2 is 2.05 bits per heavy atom. The zero-order valence-electron chi connectivity index (χ0n) is 11.9. The third-order valence-corrected chi connectivity index (χ3v) is 3.99. The number of benzene rings is 1. The van der Waals surface area contributed by atoms with Crippen molar-refractivity contribution in [3.63, 3.8) is 0 Å². The normalized spacial score (nSPS) is 11.7. The summed E-state index contributed by atoms with van der Waals surface area (Å²) in [5.41, 5.74) is 6.98. The van der Waals surface area contributed by atoms with Crippen LogP contribution in [-0.4, -0.2) is 25.4 Å². The molecule has 2 N–H and O–H groups in total. The number of nitrogens with two attached hydrogens (primary N) is 1. The van der Waals surface area contributed by atoms with Crippen LogP contribution in [-0.2, 0) is 4.74 Å². The first-order chi connectivity index (χ1) is 10.2. The Labute approximate surface area is 128 Å². The Hall–Kier alpha value is -1.96. The van der Waals surface area contributed by atoms with Gasteiger partial charge in [-0.2, -0.15) is 13.2 Å². The summed E-state index contributed by atoms with van der Waals surface area (Å²) in [5.74, 6) is -0.848. The van der Waals surface area contributed by atoms with Crippen LogP contribution in [0.25, 0.3) is 10.1 Å². The Kier molecular flexibility index (Phi) is 4.50. The molecule has 2 rings (SSSR count). The highest BCUT2D eigenvalue weighted by atomic mass is 32.1. The summed E-state index contributed by atoms with van der Waals surface area (Å²) >= 11 is 1.02. The predicted octanol–water partition coefficient (Wildman–Crippen LogP) is 3.91. The van der Waals surface area contributed by atoms with Gasteiger partial charge in [-0.25, -0.2) is 4.79 Å². The number of hydrogen-bond acceptors (Lipinski definition) is 5. The van der Waals surface area contributed by atoms with E-state index < -0.39 is 18.8 Å². The Bertz CT molecular complexity index is 709. The molecular weight excluding hydrogens is 319 g/mol. The standard InChI is InChI=1S/C14H14F3NO3S/c1-3-20-13(19)12-11(21-6-14(15,16)17)8-5-9(18)7(2)4-10(8)22-12/h4-5H,3,6,18H2,1-2H3. The van der Waals surface area contributed by atoms with Crippen molar-refractivity contribution in [2.75, 3.05) is 18.9 Å². The minimum absolute atomic E-state index is 0.00565. The van der Waals surface area contributed by atoms with Gasteiger partial charge in [-0.1, -0.05) is 0 Å². The molecule has 2 aromatic rings. The van der Waals surface area contributed by atoms with Crippen molar-refractivity contribution in [1.29, 1.82) is 0 Å². The number of aryl methyl sites for hydroxylation is 1. The van der Waals surface area contributed by atoms with Gasteiger partial charge in [0.05, 0.1) is 6.61 Å². The van der Waals surface area contributed by atoms with Crippen LogP contribution in [0.4, 0.5) is 18.9 Å². The molecule has 0 bridgehead atoms. The first kappa shape index (κ1) is 16.4. The van der Waals surface area contributed by atoms with E-state index >= 15 is 0 Å². The van der Waals surface area contributed by atoms with Crippen LogP contribution in [0.3, 0.4) is 0 Å². The molecule has 8 heteroatoms. The number of nitrogen functional groups attached to an aromatic ring is 1. The summed E-state index contributed by atoms with van der Waals surface area (Å²) in [6.07, 6.45) is -4.50. The van der Waals surface area contributed by atoms with E-state index in [1.165, 1.54) is 6.07 Å². The number of carbonyl (C=O) groups is 1. The Morgan fingerprint density at radius 1 is 1.36 bits per heavy atom. The van der Waals surface area contributed by atoms with E-state index in [1.54, 1.807) is 19.9 Å². The van der Waals surface area contributed by atoms with Gasteiger partial charge < -0.3 is 15.2 Å². The summed E-state index contributed by atoms with van der Waals surface area (Å²) in [4.78, 5) is 11.9. The minimum Gasteiger partial charge on any atom is -0.482 e. The third-order valence-electron chi connectivity index (χ3n) is 2.87. The number of anilines is 1. The van der Waals surface area contributed by atoms with Crippen molar-refractivity contribution in [1.82, 2.24) is 0 Å². The van der Waals surface area contributed by atoms with Crippen molar-refractivity contribution in [2.24, 2.45) is 0 Å². The molecule has 0 amide bonds. The fraction of sp³-hybridized carbons (Fsp3) is 0.357. The molecule has 0 saturated carbocycles. The van der Waals surface area contributed by atoms with Crippen molar-refractivity contribution in [3.8, 4) is 5.75 Å². The van der Waals surface area contributed by atoms with E-state index in [0.29, 0.717) is 15.8 Å². The number of ether oxygens (including phenoxy) is 2. The van der Waals surface area contributed by atoms with Crippen LogP contribution in [0.2, 0.25) is 0 Å². The summed E-state index contributed by atoms with van der Waals surface area (Å²) in [5, 5.41) is 0.375. The van der Waals surface area contributed by atoms with E-state index in [4.69, 9.17) is 15.2 Å². The number of thiophene rings is 1. The lowest BCUT2D eigenvalue weighted by Crippen LogP contribution is -2.20. The lowest BCUT2D eigenvalue weighted by Gasteiger charge is -2.10. The highest BCUT2D eigenvalue weighted by Gasteiger charge is 2.31. The number of halogens is 3. The second kappa shape index (κ2) is 6.04. The van der Waals surface area contributed by atoms with Crippen molar-refractivity contribution in [2.45, 2.75) is 20.0 Å². The zero-order valence-corrected chi connectivity index (χ0v) is 12.7. The second-order valence-corrected chi connectivity index (χ2v) is 5.64. The van der Waals surface area contributed by atoms with Gasteiger partial charge in [-0.05, 0) is 31.5 Å². The van der Waals surface area contributed by atoms with Gasteiger partial charge >= 0.3 is 12.1 Å². The van der Waals surface area contributed by atoms with E-state index in [0.717, 1.165) is 16.9 Å². The Morgan fingerprint density at radius 3 is 2.64 bits per heavy atom.